The molecule has 146 valence electrons. The van der Waals surface area contributed by atoms with E-state index in [9.17, 15) is 4.79 Å². The Morgan fingerprint density at radius 1 is 1.22 bits per heavy atom. The summed E-state index contributed by atoms with van der Waals surface area (Å²) in [5.41, 5.74) is 8.94. The summed E-state index contributed by atoms with van der Waals surface area (Å²) in [4.78, 5) is 12.4. The number of nitrogens with two attached hydrogens (primary N) is 1. The van der Waals surface area contributed by atoms with Gasteiger partial charge in [-0.3, -0.25) is 4.79 Å². The maximum absolute atomic E-state index is 12.4. The van der Waals surface area contributed by atoms with E-state index in [0.29, 0.717) is 17.0 Å². The van der Waals surface area contributed by atoms with Crippen molar-refractivity contribution in [2.45, 2.75) is 45.3 Å². The van der Waals surface area contributed by atoms with Crippen LogP contribution in [0.3, 0.4) is 0 Å². The molecule has 2 aromatic rings. The minimum absolute atomic E-state index is 0.0892. The average Bonchev–Trinajstić information content (AvgIpc) is 2.64. The van der Waals surface area contributed by atoms with E-state index < -0.39 is 5.54 Å². The molecule has 0 spiro atoms. The number of hydrogen-bond donors (Lipinski definition) is 2. The molecule has 2 rings (SSSR count). The number of aliphatic hydroxyl groups is 1. The molecule has 2 aromatic carbocycles. The Balaban J connectivity index is 1.84. The SMILES string of the molecule is Cc1ccc(CCCC(=O)c2ccc(COC[C@@](C)(N)CO)c(Cl)c2)cc1. The highest BCUT2D eigenvalue weighted by Crippen LogP contribution is 2.21. The van der Waals surface area contributed by atoms with Gasteiger partial charge in [0, 0.05) is 17.0 Å². The van der Waals surface area contributed by atoms with E-state index in [4.69, 9.17) is 27.2 Å². The summed E-state index contributed by atoms with van der Waals surface area (Å²) >= 11 is 6.29. The summed E-state index contributed by atoms with van der Waals surface area (Å²) in [7, 11) is 0. The Morgan fingerprint density at radius 2 is 1.93 bits per heavy atom. The molecular formula is C22H28ClNO3. The predicted molar refractivity (Wildman–Crippen MR) is 109 cm³/mol. The van der Waals surface area contributed by atoms with Crippen molar-refractivity contribution >= 4 is 17.4 Å². The normalized spacial score (nSPS) is 13.4. The standard InChI is InChI=1S/C22H28ClNO3/c1-16-6-8-17(9-7-16)4-3-5-21(26)18-10-11-19(20(23)12-18)13-27-15-22(2,24)14-25/h6-12,25H,3-5,13-15,24H2,1-2H3/t22-/m0/s1. The summed E-state index contributed by atoms with van der Waals surface area (Å²) in [6, 6.07) is 13.7. The van der Waals surface area contributed by atoms with Gasteiger partial charge in [0.05, 0.1) is 25.4 Å². The zero-order valence-electron chi connectivity index (χ0n) is 16.0. The molecule has 0 aliphatic rings. The molecule has 3 N–H and O–H groups in total. The molecule has 0 saturated heterocycles. The second-order valence-electron chi connectivity index (χ2n) is 7.37. The fraction of sp³-hybridized carbons (Fsp3) is 0.409. The molecule has 0 aliphatic heterocycles. The minimum atomic E-state index is -0.778. The van der Waals surface area contributed by atoms with E-state index in [2.05, 4.69) is 31.2 Å². The van der Waals surface area contributed by atoms with Crippen LogP contribution in [0, 0.1) is 6.92 Å². The molecule has 27 heavy (non-hydrogen) atoms. The fourth-order valence-electron chi connectivity index (χ4n) is 2.63. The first kappa shape index (κ1) is 21.6. The van der Waals surface area contributed by atoms with E-state index >= 15 is 0 Å². The first-order valence-corrected chi connectivity index (χ1v) is 9.53. The number of carbonyl (C=O) groups excluding carboxylic acids is 1. The highest BCUT2D eigenvalue weighted by atomic mass is 35.5. The number of halogens is 1. The molecule has 1 atom stereocenters. The Hall–Kier alpha value is -1.72. The summed E-state index contributed by atoms with van der Waals surface area (Å²) in [6.07, 6.45) is 2.18. The minimum Gasteiger partial charge on any atom is -0.394 e. The van der Waals surface area contributed by atoms with Crippen LogP contribution >= 0.6 is 11.6 Å². The van der Waals surface area contributed by atoms with Crippen LogP contribution in [0.4, 0.5) is 0 Å². The highest BCUT2D eigenvalue weighted by molar-refractivity contribution is 6.31. The first-order valence-electron chi connectivity index (χ1n) is 9.15. The van der Waals surface area contributed by atoms with Gasteiger partial charge in [-0.2, -0.15) is 0 Å². The molecule has 0 bridgehead atoms. The van der Waals surface area contributed by atoms with Gasteiger partial charge in [-0.25, -0.2) is 0 Å². The lowest BCUT2D eigenvalue weighted by molar-refractivity contribution is 0.0535. The molecule has 0 aromatic heterocycles. The monoisotopic (exact) mass is 389 g/mol. The molecular weight excluding hydrogens is 362 g/mol. The van der Waals surface area contributed by atoms with E-state index in [0.717, 1.165) is 18.4 Å². The molecule has 0 radical (unpaired) electrons. The molecule has 0 amide bonds. The summed E-state index contributed by atoms with van der Waals surface area (Å²) in [6.45, 7) is 4.13. The second kappa shape index (κ2) is 10.00. The van der Waals surface area contributed by atoms with Gasteiger partial charge < -0.3 is 15.6 Å². The first-order chi connectivity index (χ1) is 12.8. The van der Waals surface area contributed by atoms with Crippen LogP contribution in [0.25, 0.3) is 0 Å². The lowest BCUT2D eigenvalue weighted by Crippen LogP contribution is -2.44. The third-order valence-electron chi connectivity index (χ3n) is 4.42. The summed E-state index contributed by atoms with van der Waals surface area (Å²) in [5, 5.41) is 9.63. The third kappa shape index (κ3) is 7.07. The number of hydrogen-bond acceptors (Lipinski definition) is 4. The van der Waals surface area contributed by atoms with Gasteiger partial charge in [-0.15, -0.1) is 0 Å². The van der Waals surface area contributed by atoms with Crippen molar-refractivity contribution in [3.05, 3.63) is 69.7 Å². The third-order valence-corrected chi connectivity index (χ3v) is 4.77. The van der Waals surface area contributed by atoms with Crippen molar-refractivity contribution in [1.29, 1.82) is 0 Å². The smallest absolute Gasteiger partial charge is 0.162 e. The van der Waals surface area contributed by atoms with Gasteiger partial charge in [-0.05, 0) is 43.9 Å². The van der Waals surface area contributed by atoms with Crippen LogP contribution in [-0.4, -0.2) is 29.6 Å². The van der Waals surface area contributed by atoms with Crippen molar-refractivity contribution in [3.8, 4) is 0 Å². The molecule has 0 saturated carbocycles. The van der Waals surface area contributed by atoms with Crippen molar-refractivity contribution in [3.63, 3.8) is 0 Å². The van der Waals surface area contributed by atoms with Gasteiger partial charge in [0.25, 0.3) is 0 Å². The number of aliphatic hydroxyl groups excluding tert-OH is 1. The number of ketones is 1. The molecule has 4 nitrogen and oxygen atoms in total. The van der Waals surface area contributed by atoms with E-state index in [1.54, 1.807) is 19.1 Å². The van der Waals surface area contributed by atoms with Crippen LogP contribution in [0.2, 0.25) is 5.02 Å². The zero-order valence-corrected chi connectivity index (χ0v) is 16.8. The molecule has 0 unspecified atom stereocenters. The highest BCUT2D eigenvalue weighted by Gasteiger charge is 2.17. The predicted octanol–water partition coefficient (Wildman–Crippen LogP) is 4.08. The molecule has 0 heterocycles. The van der Waals surface area contributed by atoms with E-state index in [-0.39, 0.29) is 25.6 Å². The largest absolute Gasteiger partial charge is 0.394 e. The van der Waals surface area contributed by atoms with Gasteiger partial charge in [0.1, 0.15) is 0 Å². The maximum atomic E-state index is 12.4. The topological polar surface area (TPSA) is 72.5 Å². The van der Waals surface area contributed by atoms with Crippen LogP contribution in [-0.2, 0) is 17.8 Å². The van der Waals surface area contributed by atoms with Crippen LogP contribution in [0.1, 0.15) is 46.8 Å². The lowest BCUT2D eigenvalue weighted by Gasteiger charge is -2.21. The van der Waals surface area contributed by atoms with E-state index in [1.807, 2.05) is 6.07 Å². The quantitative estimate of drug-likeness (QED) is 0.600. The van der Waals surface area contributed by atoms with Crippen molar-refractivity contribution in [2.24, 2.45) is 5.73 Å². The van der Waals surface area contributed by atoms with E-state index in [1.165, 1.54) is 11.1 Å². The Bertz CT molecular complexity index is 757. The number of benzene rings is 2. The van der Waals surface area contributed by atoms with Crippen LogP contribution < -0.4 is 5.73 Å². The van der Waals surface area contributed by atoms with Gasteiger partial charge in [0.2, 0.25) is 0 Å². The van der Waals surface area contributed by atoms with Crippen LogP contribution in [0.15, 0.2) is 42.5 Å². The fourth-order valence-corrected chi connectivity index (χ4v) is 2.86. The zero-order chi connectivity index (χ0) is 19.9. The summed E-state index contributed by atoms with van der Waals surface area (Å²) < 4.78 is 5.52. The van der Waals surface area contributed by atoms with Gasteiger partial charge in [0.15, 0.2) is 5.78 Å². The number of Topliss-reactive ketones (excluding diaryl/α,β-unsaturated/α-hetero) is 1. The lowest BCUT2D eigenvalue weighted by atomic mass is 10.0. The molecule has 0 fully saturated rings. The van der Waals surface area contributed by atoms with Crippen molar-refractivity contribution < 1.29 is 14.6 Å². The number of ether oxygens (including phenoxy) is 1. The molecule has 0 aliphatic carbocycles. The average molecular weight is 390 g/mol. The number of rotatable bonds is 10. The second-order valence-corrected chi connectivity index (χ2v) is 7.78. The number of carbonyl (C=O) groups is 1. The Labute approximate surface area is 166 Å². The van der Waals surface area contributed by atoms with Gasteiger partial charge in [-0.1, -0.05) is 53.6 Å². The van der Waals surface area contributed by atoms with Crippen LogP contribution in [0.5, 0.6) is 0 Å². The Morgan fingerprint density at radius 3 is 2.56 bits per heavy atom. The summed E-state index contributed by atoms with van der Waals surface area (Å²) in [5.74, 6) is 0.0892. The number of aryl methyl sites for hydroxylation is 2. The molecule has 5 heteroatoms. The van der Waals surface area contributed by atoms with Crippen molar-refractivity contribution in [2.75, 3.05) is 13.2 Å². The van der Waals surface area contributed by atoms with Crippen molar-refractivity contribution in [1.82, 2.24) is 0 Å². The van der Waals surface area contributed by atoms with Gasteiger partial charge >= 0.3 is 0 Å². The Kier molecular flexibility index (Phi) is 7.99. The maximum Gasteiger partial charge on any atom is 0.162 e.